The Hall–Kier alpha value is -8.78. The van der Waals surface area contributed by atoms with Crippen molar-refractivity contribution < 1.29 is 92.7 Å². The first-order chi connectivity index (χ1) is 41.0. The van der Waals surface area contributed by atoms with Gasteiger partial charge in [0.15, 0.2) is 0 Å². The van der Waals surface area contributed by atoms with Gasteiger partial charge in [-0.15, -0.1) is 0 Å². The lowest BCUT2D eigenvalue weighted by atomic mass is 9.98. The van der Waals surface area contributed by atoms with E-state index in [1.165, 1.54) is 0 Å². The van der Waals surface area contributed by atoms with E-state index >= 15 is 0 Å². The number of benzene rings is 1. The number of hydrogen-bond acceptors (Lipinski definition) is 17. The number of aliphatic carboxylic acids is 3. The molecule has 1 aromatic heterocycles. The summed E-state index contributed by atoms with van der Waals surface area (Å²) in [5, 5.41) is 71.7. The van der Waals surface area contributed by atoms with Crippen molar-refractivity contribution in [2.45, 2.75) is 154 Å². The fourth-order valence-corrected chi connectivity index (χ4v) is 9.05. The van der Waals surface area contributed by atoms with Gasteiger partial charge >= 0.3 is 17.9 Å². The van der Waals surface area contributed by atoms with E-state index in [4.69, 9.17) is 10.8 Å². The summed E-state index contributed by atoms with van der Waals surface area (Å²) < 4.78 is 0. The average molecular weight is 1230 g/mol. The summed E-state index contributed by atoms with van der Waals surface area (Å²) in [7, 11) is 0. The van der Waals surface area contributed by atoms with Crippen LogP contribution >= 0.6 is 0 Å². The van der Waals surface area contributed by atoms with Crippen LogP contribution in [0.5, 0.6) is 0 Å². The Morgan fingerprint density at radius 3 is 1.55 bits per heavy atom. The number of H-pyrrole nitrogens is 1. The number of nitrogens with two attached hydrogens (primary N) is 1. The molecule has 0 radical (unpaired) electrons. The molecule has 3 rings (SSSR count). The van der Waals surface area contributed by atoms with E-state index in [2.05, 4.69) is 52.8 Å². The second-order valence-corrected chi connectivity index (χ2v) is 22.1. The number of likely N-dealkylation sites (tertiary alicyclic amines) is 1. The van der Waals surface area contributed by atoms with E-state index in [0.717, 1.165) is 4.90 Å². The summed E-state index contributed by atoms with van der Waals surface area (Å²) >= 11 is 0. The Morgan fingerprint density at radius 2 is 1.01 bits per heavy atom. The molecule has 32 nitrogen and oxygen atoms in total. The zero-order valence-electron chi connectivity index (χ0n) is 49.4. The van der Waals surface area contributed by atoms with E-state index in [-0.39, 0.29) is 56.4 Å². The molecular weight excluding hydrogens is 1150 g/mol. The Morgan fingerprint density at radius 1 is 0.552 bits per heavy atom. The van der Waals surface area contributed by atoms with Crippen LogP contribution in [-0.4, -0.2) is 212 Å². The molecule has 32 heteroatoms. The number of fused-ring (bicyclic) bond motifs is 1. The molecule has 1 fully saturated rings. The van der Waals surface area contributed by atoms with Crippen molar-refractivity contribution in [3.8, 4) is 0 Å². The summed E-state index contributed by atoms with van der Waals surface area (Å²) in [4.78, 5) is 187. The highest BCUT2D eigenvalue weighted by Gasteiger charge is 2.38. The first-order valence-electron chi connectivity index (χ1n) is 28.4. The van der Waals surface area contributed by atoms with E-state index in [0.29, 0.717) is 22.9 Å². The minimum absolute atomic E-state index is 0.0146. The number of aromatic nitrogens is 1. The molecule has 1 aromatic carbocycles. The fraction of sp³-hybridized carbons (Fsp3) is 0.600. The topological polar surface area (TPSA) is 505 Å². The monoisotopic (exact) mass is 1230 g/mol. The summed E-state index contributed by atoms with van der Waals surface area (Å²) in [6.45, 7) is 6.03. The molecule has 0 unspecified atom stereocenters. The van der Waals surface area contributed by atoms with Crippen molar-refractivity contribution in [3.63, 3.8) is 0 Å². The molecule has 1 aliphatic heterocycles. The van der Waals surface area contributed by atoms with Gasteiger partial charge in [-0.1, -0.05) is 59.7 Å². The number of aliphatic hydroxyl groups is 2. The number of amides is 11. The normalized spacial score (nSPS) is 15.7. The van der Waals surface area contributed by atoms with Gasteiger partial charge in [-0.05, 0) is 67.9 Å². The molecule has 9 atom stereocenters. The second kappa shape index (κ2) is 35.6. The van der Waals surface area contributed by atoms with Crippen LogP contribution in [0.2, 0.25) is 0 Å². The molecule has 0 bridgehead atoms. The van der Waals surface area contributed by atoms with Crippen molar-refractivity contribution in [3.05, 3.63) is 36.0 Å². The Kier molecular flexibility index (Phi) is 29.7. The highest BCUT2D eigenvalue weighted by molar-refractivity contribution is 5.99. The lowest BCUT2D eigenvalue weighted by molar-refractivity contribution is -0.140. The van der Waals surface area contributed by atoms with Crippen LogP contribution in [0.1, 0.15) is 98.5 Å². The van der Waals surface area contributed by atoms with Gasteiger partial charge in [0, 0.05) is 42.9 Å². The molecule has 1 saturated heterocycles. The van der Waals surface area contributed by atoms with Gasteiger partial charge in [0.2, 0.25) is 65.0 Å². The average Bonchev–Trinajstić information content (AvgIpc) is 3.08. The number of carboxylic acid groups (broad SMARTS) is 3. The Labute approximate surface area is 500 Å². The lowest BCUT2D eigenvalue weighted by Gasteiger charge is -2.28. The third-order valence-corrected chi connectivity index (χ3v) is 13.8. The van der Waals surface area contributed by atoms with Crippen LogP contribution in [0.15, 0.2) is 30.5 Å². The maximum Gasteiger partial charge on any atom is 0.322 e. The smallest absolute Gasteiger partial charge is 0.322 e. The predicted octanol–water partition coefficient (Wildman–Crippen LogP) is -4.68. The van der Waals surface area contributed by atoms with Gasteiger partial charge in [-0.2, -0.15) is 0 Å². The molecule has 0 spiro atoms. The van der Waals surface area contributed by atoms with Crippen LogP contribution in [0.3, 0.4) is 0 Å². The molecule has 87 heavy (non-hydrogen) atoms. The molecule has 0 aliphatic carbocycles. The van der Waals surface area contributed by atoms with Gasteiger partial charge in [-0.3, -0.25) is 67.1 Å². The molecule has 482 valence electrons. The molecule has 2 heterocycles. The zero-order chi connectivity index (χ0) is 65.2. The van der Waals surface area contributed by atoms with Crippen molar-refractivity contribution in [1.82, 2.24) is 63.1 Å². The zero-order valence-corrected chi connectivity index (χ0v) is 49.4. The molecular formula is C55H83N13O19. The van der Waals surface area contributed by atoms with Crippen LogP contribution in [0, 0.1) is 17.8 Å². The van der Waals surface area contributed by atoms with Crippen molar-refractivity contribution in [1.29, 1.82) is 0 Å². The van der Waals surface area contributed by atoms with E-state index in [9.17, 15) is 87.5 Å². The number of aromatic amines is 1. The number of nitrogens with one attached hydrogen (secondary N) is 11. The molecule has 0 saturated carbocycles. The highest BCUT2D eigenvalue weighted by atomic mass is 16.4. The number of carbonyl (C=O) groups excluding carboxylic acids is 11. The third-order valence-electron chi connectivity index (χ3n) is 13.8. The standard InChI is InChI=1S/C55H83N13O19/c1-27(2)18-35(63-51(83)36(19-28(3)4)64-52(84)37(20-30-21-57-32-11-8-7-10-31(30)32)65-49(81)34(14-16-44(75)76)62-55(87)46(56)29(5)6)50(82)61-33(13-15-43(73)74)47(79)59-22-41(71)58-23-42(72)68-17-9-12-40(68)54(86)67-39(26-70)53(85)66-38(25-69)48(80)60-24-45(77)78/h7-8,10-11,21,27-29,33-40,46,57,69-70H,9,12-20,22-26,56H2,1-6H3,(H,58,71)(H,59,79)(H,60,80)(H,61,82)(H,62,87)(H,63,83)(H,64,84)(H,65,81)(H,66,85)(H,67,86)(H,73,74)(H,75,76)(H,77,78)/t33-,34-,35-,36-,37-,38-,39-,40-,46-/m0/s1. The molecule has 11 amide bonds. The summed E-state index contributed by atoms with van der Waals surface area (Å²) in [5.74, 6) is -15.2. The number of para-hydroxylation sites is 1. The SMILES string of the molecule is CC(C)C[C@H](NC(=O)[C@H](CC(C)C)NC(=O)[C@H](Cc1c[nH]c2ccccc12)NC(=O)[C@H](CCC(=O)O)NC(=O)[C@@H](N)C(C)C)C(=O)N[C@@H](CCC(=O)O)C(=O)NCC(=O)NCC(=O)N1CCC[C@H]1C(=O)N[C@@H](CO)C(=O)N[C@@H](CO)C(=O)NCC(=O)O. The highest BCUT2D eigenvalue weighted by Crippen LogP contribution is 2.21. The predicted molar refractivity (Wildman–Crippen MR) is 307 cm³/mol. The first kappa shape index (κ1) is 72.5. The Bertz CT molecular complexity index is 2790. The van der Waals surface area contributed by atoms with Crippen LogP contribution in [0.4, 0.5) is 0 Å². The van der Waals surface area contributed by atoms with Gasteiger partial charge in [-0.25, -0.2) is 0 Å². The van der Waals surface area contributed by atoms with Crippen LogP contribution < -0.4 is 58.9 Å². The van der Waals surface area contributed by atoms with Crippen molar-refractivity contribution >= 4 is 93.8 Å². The Balaban J connectivity index is 1.76. The van der Waals surface area contributed by atoms with Crippen molar-refractivity contribution in [2.24, 2.45) is 23.5 Å². The summed E-state index contributed by atoms with van der Waals surface area (Å²) in [5.41, 5.74) is 7.30. The van der Waals surface area contributed by atoms with E-state index < -0.39 is 189 Å². The number of rotatable bonds is 37. The van der Waals surface area contributed by atoms with Gasteiger partial charge in [0.05, 0.1) is 32.3 Å². The quantitative estimate of drug-likeness (QED) is 0.0302. The number of carboxylic acids is 3. The van der Waals surface area contributed by atoms with E-state index in [1.807, 2.05) is 5.32 Å². The number of aliphatic hydroxyl groups excluding tert-OH is 2. The maximum absolute atomic E-state index is 14.5. The minimum atomic E-state index is -1.68. The van der Waals surface area contributed by atoms with Crippen LogP contribution in [0.25, 0.3) is 10.9 Å². The molecule has 2 aromatic rings. The number of nitrogens with zero attached hydrogens (tertiary/aromatic N) is 1. The van der Waals surface area contributed by atoms with Gasteiger partial charge in [0.1, 0.15) is 54.9 Å². The van der Waals surface area contributed by atoms with Crippen LogP contribution in [-0.2, 0) is 73.5 Å². The van der Waals surface area contributed by atoms with Gasteiger partial charge < -0.3 is 94.3 Å². The maximum atomic E-state index is 14.5. The molecule has 18 N–H and O–H groups in total. The largest absolute Gasteiger partial charge is 0.481 e. The first-order valence-corrected chi connectivity index (χ1v) is 28.4. The summed E-state index contributed by atoms with van der Waals surface area (Å²) in [6.07, 6.45) is -0.284. The van der Waals surface area contributed by atoms with Crippen molar-refractivity contribution in [2.75, 3.05) is 39.4 Å². The van der Waals surface area contributed by atoms with Gasteiger partial charge in [0.25, 0.3) is 0 Å². The fourth-order valence-electron chi connectivity index (χ4n) is 9.05. The third kappa shape index (κ3) is 24.3. The lowest BCUT2D eigenvalue weighted by Crippen LogP contribution is -2.60. The second-order valence-electron chi connectivity index (χ2n) is 22.1. The number of hydrogen-bond donors (Lipinski definition) is 17. The summed E-state index contributed by atoms with van der Waals surface area (Å²) in [6, 6.07) is -5.81. The number of carbonyl (C=O) groups is 14. The molecule has 1 aliphatic rings. The minimum Gasteiger partial charge on any atom is -0.481 e. The van der Waals surface area contributed by atoms with E-state index in [1.54, 1.807) is 72.0 Å².